The predicted octanol–water partition coefficient (Wildman–Crippen LogP) is -0.0135. The van der Waals surface area contributed by atoms with Crippen LogP contribution in [0.1, 0.15) is 9.67 Å². The summed E-state index contributed by atoms with van der Waals surface area (Å²) in [6, 6.07) is 1.26. The van der Waals surface area contributed by atoms with Crippen molar-refractivity contribution in [2.75, 3.05) is 0 Å². The number of fused-ring (bicyclic) bond motifs is 1. The maximum atomic E-state index is 11.5. The van der Waals surface area contributed by atoms with E-state index in [1.807, 2.05) is 0 Å². The van der Waals surface area contributed by atoms with Crippen molar-refractivity contribution in [2.45, 2.75) is 0 Å². The molecule has 0 spiro atoms. The third kappa shape index (κ3) is 1.37. The molecule has 0 aliphatic carbocycles. The highest BCUT2D eigenvalue weighted by molar-refractivity contribution is 7.20. The van der Waals surface area contributed by atoms with E-state index >= 15 is 0 Å². The van der Waals surface area contributed by atoms with E-state index in [1.54, 1.807) is 0 Å². The lowest BCUT2D eigenvalue weighted by Crippen LogP contribution is -2.31. The molecule has 0 amide bonds. The van der Waals surface area contributed by atoms with Gasteiger partial charge in [-0.3, -0.25) is 14.3 Å². The van der Waals surface area contributed by atoms with E-state index in [2.05, 4.69) is 4.98 Å². The Labute approximate surface area is 86.4 Å². The lowest BCUT2D eigenvalue weighted by atomic mass is 10.3. The lowest BCUT2D eigenvalue weighted by Gasteiger charge is -1.93. The minimum atomic E-state index is -1.11. The van der Waals surface area contributed by atoms with E-state index in [1.165, 1.54) is 13.1 Å². The smallest absolute Gasteiger partial charge is 0.345 e. The van der Waals surface area contributed by atoms with Gasteiger partial charge in [0.05, 0.1) is 5.39 Å². The first-order valence-corrected chi connectivity index (χ1v) is 4.78. The number of rotatable bonds is 1. The van der Waals surface area contributed by atoms with Crippen molar-refractivity contribution in [3.05, 3.63) is 31.8 Å². The Bertz CT molecular complexity index is 663. The fraction of sp³-hybridized carbons (Fsp3) is 0.125. The molecule has 0 saturated carbocycles. The minimum Gasteiger partial charge on any atom is -0.477 e. The number of H-pyrrole nitrogens is 1. The molecule has 0 bridgehead atoms. The van der Waals surface area contributed by atoms with Gasteiger partial charge in [-0.2, -0.15) is 0 Å². The summed E-state index contributed by atoms with van der Waals surface area (Å²) in [5, 5.41) is 8.95. The van der Waals surface area contributed by atoms with Crippen LogP contribution in [0.4, 0.5) is 0 Å². The number of carboxylic acids is 1. The van der Waals surface area contributed by atoms with E-state index < -0.39 is 17.2 Å². The van der Waals surface area contributed by atoms with Crippen LogP contribution in [-0.2, 0) is 7.05 Å². The second-order valence-electron chi connectivity index (χ2n) is 2.95. The summed E-state index contributed by atoms with van der Waals surface area (Å²) < 4.78 is 0.903. The number of thiophene rings is 1. The summed E-state index contributed by atoms with van der Waals surface area (Å²) in [5.74, 6) is -1.11. The first-order valence-electron chi connectivity index (χ1n) is 3.97. The van der Waals surface area contributed by atoms with Crippen LogP contribution in [0.2, 0.25) is 0 Å². The quantitative estimate of drug-likeness (QED) is 0.715. The molecular formula is C8H6N2O4S. The SMILES string of the molecule is Cn1c(=O)[nH]c2sc(C(=O)O)cc2c1=O. The largest absolute Gasteiger partial charge is 0.477 e. The van der Waals surface area contributed by atoms with Crippen molar-refractivity contribution in [3.8, 4) is 0 Å². The average molecular weight is 226 g/mol. The first-order chi connectivity index (χ1) is 7.00. The van der Waals surface area contributed by atoms with Crippen LogP contribution in [0.3, 0.4) is 0 Å². The standard InChI is InChI=1S/C8H6N2O4S/c1-10-6(11)3-2-4(7(12)13)15-5(3)9-8(10)14/h2H,1H3,(H,9,14)(H,12,13). The van der Waals surface area contributed by atoms with Crippen LogP contribution in [-0.4, -0.2) is 20.6 Å². The number of aromatic amines is 1. The molecule has 0 radical (unpaired) electrons. The Morgan fingerprint density at radius 1 is 1.53 bits per heavy atom. The molecular weight excluding hydrogens is 220 g/mol. The summed E-state index contributed by atoms with van der Waals surface area (Å²) in [5.41, 5.74) is -1.04. The Kier molecular flexibility index (Phi) is 1.97. The molecule has 0 saturated heterocycles. The maximum Gasteiger partial charge on any atom is 0.345 e. The number of hydrogen-bond donors (Lipinski definition) is 2. The molecule has 0 unspecified atom stereocenters. The second kappa shape index (κ2) is 3.06. The Balaban J connectivity index is 2.95. The van der Waals surface area contributed by atoms with Crippen molar-refractivity contribution in [2.24, 2.45) is 7.05 Å². The Morgan fingerprint density at radius 3 is 2.80 bits per heavy atom. The number of aromatic nitrogens is 2. The molecule has 0 aromatic carbocycles. The summed E-state index contributed by atoms with van der Waals surface area (Å²) in [6.07, 6.45) is 0. The van der Waals surface area contributed by atoms with Crippen LogP contribution in [0.15, 0.2) is 15.7 Å². The third-order valence-corrected chi connectivity index (χ3v) is 3.04. The van der Waals surface area contributed by atoms with Crippen LogP contribution in [0.25, 0.3) is 10.2 Å². The molecule has 15 heavy (non-hydrogen) atoms. The highest BCUT2D eigenvalue weighted by atomic mass is 32.1. The van der Waals surface area contributed by atoms with E-state index in [4.69, 9.17) is 5.11 Å². The van der Waals surface area contributed by atoms with Gasteiger partial charge in [-0.15, -0.1) is 11.3 Å². The fourth-order valence-corrected chi connectivity index (χ4v) is 2.08. The summed E-state index contributed by atoms with van der Waals surface area (Å²) in [4.78, 5) is 36.2. The van der Waals surface area contributed by atoms with Crippen molar-refractivity contribution < 1.29 is 9.90 Å². The van der Waals surface area contributed by atoms with E-state index in [0.29, 0.717) is 4.83 Å². The highest BCUT2D eigenvalue weighted by Crippen LogP contribution is 2.19. The van der Waals surface area contributed by atoms with Crippen LogP contribution in [0.5, 0.6) is 0 Å². The van der Waals surface area contributed by atoms with E-state index in [9.17, 15) is 14.4 Å². The summed E-state index contributed by atoms with van der Waals surface area (Å²) >= 11 is 0.874. The zero-order chi connectivity index (χ0) is 11.2. The third-order valence-electron chi connectivity index (χ3n) is 2.00. The first kappa shape index (κ1) is 9.66. The normalized spacial score (nSPS) is 10.7. The zero-order valence-electron chi connectivity index (χ0n) is 7.60. The van der Waals surface area contributed by atoms with E-state index in [0.717, 1.165) is 15.9 Å². The van der Waals surface area contributed by atoms with Crippen molar-refractivity contribution in [1.29, 1.82) is 0 Å². The molecule has 2 heterocycles. The van der Waals surface area contributed by atoms with Gasteiger partial charge in [0.25, 0.3) is 5.56 Å². The number of carboxylic acid groups (broad SMARTS) is 1. The van der Waals surface area contributed by atoms with Gasteiger partial charge < -0.3 is 5.11 Å². The van der Waals surface area contributed by atoms with Gasteiger partial charge in [0.2, 0.25) is 0 Å². The highest BCUT2D eigenvalue weighted by Gasteiger charge is 2.12. The van der Waals surface area contributed by atoms with Crippen molar-refractivity contribution >= 4 is 27.5 Å². The lowest BCUT2D eigenvalue weighted by molar-refractivity contribution is 0.0702. The number of aromatic carboxylic acids is 1. The molecule has 0 fully saturated rings. The molecule has 2 aromatic rings. The second-order valence-corrected chi connectivity index (χ2v) is 4.01. The number of nitrogens with one attached hydrogen (secondary N) is 1. The molecule has 78 valence electrons. The maximum absolute atomic E-state index is 11.5. The molecule has 7 heteroatoms. The molecule has 0 aliphatic heterocycles. The average Bonchev–Trinajstić information content (AvgIpc) is 2.58. The predicted molar refractivity (Wildman–Crippen MR) is 54.6 cm³/mol. The Hall–Kier alpha value is -1.89. The molecule has 6 nitrogen and oxygen atoms in total. The summed E-state index contributed by atoms with van der Waals surface area (Å²) in [7, 11) is 1.33. The monoisotopic (exact) mass is 226 g/mol. The number of hydrogen-bond acceptors (Lipinski definition) is 4. The fourth-order valence-electron chi connectivity index (χ4n) is 1.20. The van der Waals surface area contributed by atoms with Crippen LogP contribution >= 0.6 is 11.3 Å². The zero-order valence-corrected chi connectivity index (χ0v) is 8.42. The molecule has 0 aliphatic rings. The van der Waals surface area contributed by atoms with E-state index in [-0.39, 0.29) is 10.3 Å². The summed E-state index contributed by atoms with van der Waals surface area (Å²) in [6.45, 7) is 0. The van der Waals surface area contributed by atoms with Gasteiger partial charge in [-0.05, 0) is 6.07 Å². The van der Waals surface area contributed by atoms with Gasteiger partial charge in [-0.1, -0.05) is 0 Å². The molecule has 2 rings (SSSR count). The Morgan fingerprint density at radius 2 is 2.20 bits per heavy atom. The van der Waals surface area contributed by atoms with Gasteiger partial charge in [0, 0.05) is 7.05 Å². The topological polar surface area (TPSA) is 92.2 Å². The number of nitrogens with zero attached hydrogens (tertiary/aromatic N) is 1. The van der Waals surface area contributed by atoms with Gasteiger partial charge >= 0.3 is 11.7 Å². The van der Waals surface area contributed by atoms with Crippen LogP contribution in [0, 0.1) is 0 Å². The molecule has 0 atom stereocenters. The van der Waals surface area contributed by atoms with Gasteiger partial charge in [0.1, 0.15) is 9.71 Å². The molecule has 2 N–H and O–H groups in total. The van der Waals surface area contributed by atoms with Crippen molar-refractivity contribution in [1.82, 2.24) is 9.55 Å². The molecule has 2 aromatic heterocycles. The minimum absolute atomic E-state index is 0.0314. The number of carbonyl (C=O) groups is 1. The van der Waals surface area contributed by atoms with Crippen LogP contribution < -0.4 is 11.2 Å². The van der Waals surface area contributed by atoms with Gasteiger partial charge in [-0.25, -0.2) is 9.59 Å². The van der Waals surface area contributed by atoms with Gasteiger partial charge in [0.15, 0.2) is 0 Å². The van der Waals surface area contributed by atoms with Crippen molar-refractivity contribution in [3.63, 3.8) is 0 Å².